The Labute approximate surface area is 98.5 Å². The second kappa shape index (κ2) is 5.74. The van der Waals surface area contributed by atoms with Gasteiger partial charge < -0.3 is 14.0 Å². The van der Waals surface area contributed by atoms with Gasteiger partial charge in [0.2, 0.25) is 0 Å². The van der Waals surface area contributed by atoms with Gasteiger partial charge in [-0.15, -0.1) is 0 Å². The lowest BCUT2D eigenvalue weighted by atomic mass is 10.5. The fourth-order valence-electron chi connectivity index (χ4n) is 1.09. The molecule has 1 unspecified atom stereocenters. The zero-order chi connectivity index (χ0) is 12.3. The highest BCUT2D eigenvalue weighted by molar-refractivity contribution is 6.81. The maximum Gasteiger partial charge on any atom is 0.318 e. The zero-order valence-corrected chi connectivity index (χ0v) is 14.4. The summed E-state index contributed by atoms with van der Waals surface area (Å²) in [5.74, 6) is 0. The molecule has 0 aliphatic heterocycles. The lowest BCUT2D eigenvalue weighted by Crippen LogP contribution is -2.53. The zero-order valence-electron chi connectivity index (χ0n) is 11.3. The predicted octanol–water partition coefficient (Wildman–Crippen LogP) is 2.19. The summed E-state index contributed by atoms with van der Waals surface area (Å²) in [5, 5.41) is 0. The van der Waals surface area contributed by atoms with Crippen LogP contribution in [-0.4, -0.2) is 31.6 Å². The van der Waals surface area contributed by atoms with Gasteiger partial charge in [0.25, 0.3) is 0 Å². The number of nitrogens with two attached hydrogens (primary N) is 1. The molecular formula is C9H27NO2Si3. The van der Waals surface area contributed by atoms with Gasteiger partial charge in [0.15, 0.2) is 16.6 Å². The molecule has 0 amide bonds. The topological polar surface area (TPSA) is 44.5 Å². The van der Waals surface area contributed by atoms with Crippen LogP contribution in [0.25, 0.3) is 0 Å². The average Bonchev–Trinajstić information content (AvgIpc) is 1.96. The summed E-state index contributed by atoms with van der Waals surface area (Å²) in [6.07, 6.45) is 0.950. The van der Waals surface area contributed by atoms with Crippen LogP contribution in [0.15, 0.2) is 0 Å². The van der Waals surface area contributed by atoms with E-state index in [9.17, 15) is 0 Å². The minimum absolute atomic E-state index is 0.128. The Hall–Kier alpha value is 0.531. The molecule has 1 atom stereocenters. The van der Waals surface area contributed by atoms with Crippen molar-refractivity contribution in [2.24, 2.45) is 5.73 Å². The van der Waals surface area contributed by atoms with Crippen LogP contribution in [-0.2, 0) is 8.23 Å². The standard InChI is InChI=1S/C9H27NO2Si3/c1-8-9(10)13(11-14(2,3)4)12-15(5,6)7/h9,13H,8,10H2,1-7H3. The minimum atomic E-state index is -1.68. The summed E-state index contributed by atoms with van der Waals surface area (Å²) in [4.78, 5) is 0. The lowest BCUT2D eigenvalue weighted by Gasteiger charge is -2.33. The van der Waals surface area contributed by atoms with Crippen LogP contribution in [0.1, 0.15) is 13.3 Å². The molecule has 0 rings (SSSR count). The van der Waals surface area contributed by atoms with Crippen molar-refractivity contribution in [1.29, 1.82) is 0 Å². The highest BCUT2D eigenvalue weighted by Gasteiger charge is 2.32. The molecule has 0 saturated heterocycles. The Balaban J connectivity index is 4.46. The van der Waals surface area contributed by atoms with Gasteiger partial charge in [-0.3, -0.25) is 0 Å². The fraction of sp³-hybridized carbons (Fsp3) is 1.00. The van der Waals surface area contributed by atoms with Gasteiger partial charge >= 0.3 is 9.28 Å². The fourth-order valence-corrected chi connectivity index (χ4v) is 9.07. The molecule has 0 aromatic rings. The van der Waals surface area contributed by atoms with Gasteiger partial charge in [-0.1, -0.05) is 6.92 Å². The van der Waals surface area contributed by atoms with Crippen molar-refractivity contribution in [1.82, 2.24) is 0 Å². The summed E-state index contributed by atoms with van der Waals surface area (Å²) >= 11 is 0. The van der Waals surface area contributed by atoms with Crippen LogP contribution in [0.4, 0.5) is 0 Å². The molecule has 0 aliphatic rings. The van der Waals surface area contributed by atoms with Crippen LogP contribution >= 0.6 is 0 Å². The molecule has 0 radical (unpaired) electrons. The van der Waals surface area contributed by atoms with Crippen LogP contribution in [0.3, 0.4) is 0 Å². The van der Waals surface area contributed by atoms with Crippen LogP contribution in [0.2, 0.25) is 39.3 Å². The highest BCUT2D eigenvalue weighted by atomic mass is 28.4. The highest BCUT2D eigenvalue weighted by Crippen LogP contribution is 2.14. The molecule has 3 nitrogen and oxygen atoms in total. The number of hydrogen-bond donors (Lipinski definition) is 1. The molecule has 0 bridgehead atoms. The first-order chi connectivity index (χ1) is 6.55. The lowest BCUT2D eigenvalue weighted by molar-refractivity contribution is 0.397. The third-order valence-corrected chi connectivity index (χ3v) is 10.4. The first-order valence-electron chi connectivity index (χ1n) is 5.66. The second-order valence-corrected chi connectivity index (χ2v) is 17.8. The van der Waals surface area contributed by atoms with Crippen molar-refractivity contribution < 1.29 is 8.23 Å². The summed E-state index contributed by atoms with van der Waals surface area (Å²) in [5.41, 5.74) is 6.22. The molecular weight excluding hydrogens is 238 g/mol. The van der Waals surface area contributed by atoms with E-state index >= 15 is 0 Å². The normalized spacial score (nSPS) is 15.8. The number of hydrogen-bond acceptors (Lipinski definition) is 3. The van der Waals surface area contributed by atoms with E-state index in [1.165, 1.54) is 0 Å². The minimum Gasteiger partial charge on any atom is -0.438 e. The van der Waals surface area contributed by atoms with E-state index in [4.69, 9.17) is 14.0 Å². The van der Waals surface area contributed by atoms with Crippen LogP contribution in [0.5, 0.6) is 0 Å². The number of rotatable bonds is 6. The third-order valence-electron chi connectivity index (χ3n) is 1.76. The molecule has 0 aromatic heterocycles. The second-order valence-electron chi connectivity index (χ2n) is 5.90. The molecule has 0 saturated carbocycles. The SMILES string of the molecule is CCC(N)[SiH](O[Si](C)(C)C)O[Si](C)(C)C. The largest absolute Gasteiger partial charge is 0.438 e. The molecule has 0 spiro atoms. The third kappa shape index (κ3) is 8.35. The van der Waals surface area contributed by atoms with Crippen LogP contribution < -0.4 is 5.73 Å². The van der Waals surface area contributed by atoms with E-state index in [1.54, 1.807) is 0 Å². The van der Waals surface area contributed by atoms with E-state index in [1.807, 2.05) is 0 Å². The smallest absolute Gasteiger partial charge is 0.318 e. The molecule has 15 heavy (non-hydrogen) atoms. The maximum absolute atomic E-state index is 6.13. The van der Waals surface area contributed by atoms with Crippen LogP contribution in [0, 0.1) is 0 Å². The Morgan fingerprint density at radius 3 is 1.53 bits per heavy atom. The van der Waals surface area contributed by atoms with E-state index in [2.05, 4.69) is 46.2 Å². The predicted molar refractivity (Wildman–Crippen MR) is 74.3 cm³/mol. The molecule has 6 heteroatoms. The van der Waals surface area contributed by atoms with Gasteiger partial charge in [-0.2, -0.15) is 0 Å². The van der Waals surface area contributed by atoms with Gasteiger partial charge in [0, 0.05) is 5.67 Å². The van der Waals surface area contributed by atoms with E-state index in [-0.39, 0.29) is 5.67 Å². The van der Waals surface area contributed by atoms with E-state index in [0.29, 0.717) is 0 Å². The Morgan fingerprint density at radius 1 is 1.00 bits per heavy atom. The molecule has 0 aromatic carbocycles. The Morgan fingerprint density at radius 2 is 1.33 bits per heavy atom. The molecule has 2 N–H and O–H groups in total. The Bertz CT molecular complexity index is 173. The first kappa shape index (κ1) is 15.5. The molecule has 0 heterocycles. The first-order valence-corrected chi connectivity index (χ1v) is 14.1. The van der Waals surface area contributed by atoms with Gasteiger partial charge in [0.1, 0.15) is 0 Å². The van der Waals surface area contributed by atoms with E-state index in [0.717, 1.165) is 6.42 Å². The Kier molecular flexibility index (Phi) is 5.94. The monoisotopic (exact) mass is 265 g/mol. The molecule has 0 aliphatic carbocycles. The van der Waals surface area contributed by atoms with Crippen molar-refractivity contribution in [3.63, 3.8) is 0 Å². The van der Waals surface area contributed by atoms with Gasteiger partial charge in [-0.05, 0) is 45.7 Å². The maximum atomic E-state index is 6.13. The van der Waals surface area contributed by atoms with Gasteiger partial charge in [-0.25, -0.2) is 0 Å². The molecule has 92 valence electrons. The van der Waals surface area contributed by atoms with E-state index < -0.39 is 25.9 Å². The van der Waals surface area contributed by atoms with Crippen molar-refractivity contribution in [2.45, 2.75) is 58.3 Å². The van der Waals surface area contributed by atoms with Crippen molar-refractivity contribution in [3.8, 4) is 0 Å². The quantitative estimate of drug-likeness (QED) is 0.749. The summed E-state index contributed by atoms with van der Waals surface area (Å²) in [7, 11) is -4.72. The van der Waals surface area contributed by atoms with Gasteiger partial charge in [0.05, 0.1) is 0 Å². The summed E-state index contributed by atoms with van der Waals surface area (Å²) < 4.78 is 12.3. The summed E-state index contributed by atoms with van der Waals surface area (Å²) in [6.45, 7) is 15.3. The van der Waals surface area contributed by atoms with Crippen molar-refractivity contribution in [3.05, 3.63) is 0 Å². The molecule has 0 fully saturated rings. The van der Waals surface area contributed by atoms with Crippen molar-refractivity contribution in [2.75, 3.05) is 0 Å². The average molecular weight is 266 g/mol. The van der Waals surface area contributed by atoms with Crippen molar-refractivity contribution >= 4 is 25.9 Å². The summed E-state index contributed by atoms with van der Waals surface area (Å²) in [6, 6.07) is 0.